The minimum atomic E-state index is -0.819. The average molecular weight is 451 g/mol. The Kier molecular flexibility index (Phi) is 5.20. The molecule has 33 heavy (non-hydrogen) atoms. The highest BCUT2D eigenvalue weighted by Crippen LogP contribution is 2.44. The van der Waals surface area contributed by atoms with E-state index < -0.39 is 11.6 Å². The van der Waals surface area contributed by atoms with Gasteiger partial charge in [0, 0.05) is 44.3 Å². The van der Waals surface area contributed by atoms with Crippen molar-refractivity contribution in [1.29, 1.82) is 0 Å². The number of benzene rings is 2. The molecule has 3 aromatic rings. The number of fused-ring (bicyclic) bond motifs is 4. The summed E-state index contributed by atoms with van der Waals surface area (Å²) in [7, 11) is 0. The first-order chi connectivity index (χ1) is 16.0. The Balaban J connectivity index is 1.65. The number of aryl methyl sites for hydroxylation is 1. The third-order valence-corrected chi connectivity index (χ3v) is 7.97. The van der Waals surface area contributed by atoms with E-state index in [1.54, 1.807) is 6.07 Å². The van der Waals surface area contributed by atoms with Gasteiger partial charge in [-0.15, -0.1) is 0 Å². The summed E-state index contributed by atoms with van der Waals surface area (Å²) in [5, 5.41) is 2.25. The molecule has 4 fully saturated rings. The van der Waals surface area contributed by atoms with Gasteiger partial charge in [-0.1, -0.05) is 23.8 Å². The van der Waals surface area contributed by atoms with Gasteiger partial charge in [0.15, 0.2) is 11.6 Å². The zero-order valence-electron chi connectivity index (χ0n) is 19.1. The number of hydrogen-bond donors (Lipinski definition) is 0. The van der Waals surface area contributed by atoms with Crippen LogP contribution in [0.4, 0.5) is 14.6 Å². The van der Waals surface area contributed by atoms with E-state index in [-0.39, 0.29) is 5.92 Å². The molecule has 1 aromatic heterocycles. The number of pyridine rings is 1. The molecule has 0 N–H and O–H groups in total. The molecule has 6 heteroatoms. The standard InChI is InChI=1S/C27H30F2N3O/c1-18-2-4-21-22(16-18)27(32-11-8-31(9-12-32)10-13-32)30-26(19-6-14-33-15-7-19)25(21)20-3-5-23(28)24(29)17-20/h2-5,16-17,19H,6-15H2,1H3/q+1. The van der Waals surface area contributed by atoms with Gasteiger partial charge in [0.25, 0.3) is 0 Å². The number of halogens is 2. The van der Waals surface area contributed by atoms with Crippen LogP contribution in [0.5, 0.6) is 0 Å². The Morgan fingerprint density at radius 1 is 0.909 bits per heavy atom. The van der Waals surface area contributed by atoms with Crippen LogP contribution in [0.3, 0.4) is 0 Å². The Labute approximate surface area is 193 Å². The highest BCUT2D eigenvalue weighted by molar-refractivity contribution is 6.03. The van der Waals surface area contributed by atoms with Crippen molar-refractivity contribution in [3.63, 3.8) is 0 Å². The van der Waals surface area contributed by atoms with Gasteiger partial charge in [0.1, 0.15) is 0 Å². The van der Waals surface area contributed by atoms with Crippen LogP contribution < -0.4 is 4.48 Å². The van der Waals surface area contributed by atoms with E-state index in [4.69, 9.17) is 9.72 Å². The second kappa shape index (κ2) is 8.12. The first-order valence-corrected chi connectivity index (χ1v) is 12.1. The van der Waals surface area contributed by atoms with E-state index >= 15 is 0 Å². The summed E-state index contributed by atoms with van der Waals surface area (Å²) in [6.07, 6.45) is 1.79. The van der Waals surface area contributed by atoms with Crippen LogP contribution in [0.1, 0.15) is 30.0 Å². The van der Waals surface area contributed by atoms with E-state index in [0.717, 1.165) is 78.6 Å². The highest BCUT2D eigenvalue weighted by Gasteiger charge is 2.43. The van der Waals surface area contributed by atoms with Gasteiger partial charge in [-0.25, -0.2) is 8.78 Å². The van der Waals surface area contributed by atoms with Gasteiger partial charge in [-0.05, 0) is 48.9 Å². The van der Waals surface area contributed by atoms with E-state index in [1.165, 1.54) is 23.5 Å². The molecule has 7 rings (SSSR count). The number of rotatable bonds is 3. The van der Waals surface area contributed by atoms with E-state index in [9.17, 15) is 8.78 Å². The molecular weight excluding hydrogens is 420 g/mol. The highest BCUT2D eigenvalue weighted by atomic mass is 19.2. The average Bonchev–Trinajstić information content (AvgIpc) is 2.86. The van der Waals surface area contributed by atoms with Crippen molar-refractivity contribution in [2.75, 3.05) is 52.5 Å². The van der Waals surface area contributed by atoms with Crippen molar-refractivity contribution in [2.24, 2.45) is 0 Å². The molecule has 0 aliphatic carbocycles. The number of quaternary nitrogens is 1. The molecule has 2 bridgehead atoms. The molecule has 4 aliphatic rings. The third kappa shape index (κ3) is 3.56. The maximum atomic E-state index is 14.4. The third-order valence-electron chi connectivity index (χ3n) is 7.97. The zero-order chi connectivity index (χ0) is 22.6. The molecule has 0 unspecified atom stereocenters. The fraction of sp³-hybridized carbons (Fsp3) is 0.444. The SMILES string of the molecule is Cc1ccc2c(-c3ccc(F)c(F)c3)c(C3CCOCC3)nc([N+]34CCN(CC3)CC4)c2c1. The maximum absolute atomic E-state index is 14.4. The quantitative estimate of drug-likeness (QED) is 0.524. The fourth-order valence-electron chi connectivity index (χ4n) is 6.00. The van der Waals surface area contributed by atoms with Crippen LogP contribution in [0.25, 0.3) is 21.9 Å². The molecule has 0 radical (unpaired) electrons. The van der Waals surface area contributed by atoms with Crippen molar-refractivity contribution >= 4 is 16.6 Å². The Morgan fingerprint density at radius 2 is 1.64 bits per heavy atom. The van der Waals surface area contributed by atoms with E-state index in [0.29, 0.717) is 18.8 Å². The summed E-state index contributed by atoms with van der Waals surface area (Å²) in [6, 6.07) is 10.8. The Morgan fingerprint density at radius 3 is 2.33 bits per heavy atom. The minimum absolute atomic E-state index is 0.246. The molecule has 5 heterocycles. The first-order valence-electron chi connectivity index (χ1n) is 12.1. The van der Waals surface area contributed by atoms with Gasteiger partial charge in [-0.3, -0.25) is 9.38 Å². The lowest BCUT2D eigenvalue weighted by Crippen LogP contribution is -2.68. The van der Waals surface area contributed by atoms with Crippen molar-refractivity contribution in [1.82, 2.24) is 14.4 Å². The van der Waals surface area contributed by atoms with Crippen molar-refractivity contribution in [3.05, 3.63) is 59.3 Å². The van der Waals surface area contributed by atoms with Crippen LogP contribution in [0.15, 0.2) is 36.4 Å². The van der Waals surface area contributed by atoms with E-state index in [2.05, 4.69) is 30.0 Å². The monoisotopic (exact) mass is 450 g/mol. The van der Waals surface area contributed by atoms with E-state index in [1.807, 2.05) is 0 Å². The second-order valence-electron chi connectivity index (χ2n) is 9.92. The summed E-state index contributed by atoms with van der Waals surface area (Å²) in [5.74, 6) is -0.221. The minimum Gasteiger partial charge on any atom is -0.381 e. The summed E-state index contributed by atoms with van der Waals surface area (Å²) >= 11 is 0. The molecule has 0 amide bonds. The lowest BCUT2D eigenvalue weighted by Gasteiger charge is -2.49. The molecule has 4 aliphatic heterocycles. The lowest BCUT2D eigenvalue weighted by atomic mass is 9.86. The number of hydrogen-bond acceptors (Lipinski definition) is 3. The maximum Gasteiger partial charge on any atom is 0.235 e. The molecule has 0 atom stereocenters. The fourth-order valence-corrected chi connectivity index (χ4v) is 6.00. The number of aromatic nitrogens is 1. The van der Waals surface area contributed by atoms with Gasteiger partial charge >= 0.3 is 0 Å². The summed E-state index contributed by atoms with van der Waals surface area (Å²) in [5.41, 5.74) is 3.87. The van der Waals surface area contributed by atoms with Crippen LogP contribution in [0.2, 0.25) is 0 Å². The molecule has 0 saturated carbocycles. The van der Waals surface area contributed by atoms with Crippen LogP contribution in [-0.2, 0) is 4.74 Å². The summed E-state index contributed by atoms with van der Waals surface area (Å²) < 4.78 is 34.8. The lowest BCUT2D eigenvalue weighted by molar-refractivity contribution is 0.0659. The van der Waals surface area contributed by atoms with Crippen molar-refractivity contribution < 1.29 is 13.5 Å². The number of ether oxygens (including phenoxy) is 1. The van der Waals surface area contributed by atoms with Gasteiger partial charge in [0.05, 0.1) is 30.7 Å². The predicted molar refractivity (Wildman–Crippen MR) is 127 cm³/mol. The smallest absolute Gasteiger partial charge is 0.235 e. The number of nitrogens with zero attached hydrogens (tertiary/aromatic N) is 3. The summed E-state index contributed by atoms with van der Waals surface area (Å²) in [4.78, 5) is 8.01. The topological polar surface area (TPSA) is 25.4 Å². The molecule has 4 saturated heterocycles. The number of piperazine rings is 3. The molecule has 2 aromatic carbocycles. The Hall–Kier alpha value is -2.41. The molecular formula is C27H30F2N3O+. The molecule has 4 nitrogen and oxygen atoms in total. The largest absolute Gasteiger partial charge is 0.381 e. The Bertz CT molecular complexity index is 1200. The van der Waals surface area contributed by atoms with Crippen LogP contribution >= 0.6 is 0 Å². The van der Waals surface area contributed by atoms with Gasteiger partial charge < -0.3 is 4.74 Å². The van der Waals surface area contributed by atoms with Gasteiger partial charge in [-0.2, -0.15) is 4.98 Å². The summed E-state index contributed by atoms with van der Waals surface area (Å²) in [6.45, 7) is 10.1. The molecule has 0 spiro atoms. The normalized spacial score (nSPS) is 25.6. The first kappa shape index (κ1) is 21.1. The van der Waals surface area contributed by atoms with Crippen molar-refractivity contribution in [3.8, 4) is 11.1 Å². The second-order valence-corrected chi connectivity index (χ2v) is 9.92. The van der Waals surface area contributed by atoms with Crippen LogP contribution in [-0.4, -0.2) is 62.4 Å². The van der Waals surface area contributed by atoms with Crippen molar-refractivity contribution in [2.45, 2.75) is 25.7 Å². The molecule has 172 valence electrons. The van der Waals surface area contributed by atoms with Crippen LogP contribution in [0, 0.1) is 18.6 Å². The van der Waals surface area contributed by atoms with Gasteiger partial charge in [0.2, 0.25) is 5.82 Å². The predicted octanol–water partition coefficient (Wildman–Crippen LogP) is 5.02. The zero-order valence-corrected chi connectivity index (χ0v) is 19.1.